The lowest BCUT2D eigenvalue weighted by molar-refractivity contribution is -0.195. The second-order valence-corrected chi connectivity index (χ2v) is 12.9. The molecule has 0 aromatic rings. The summed E-state index contributed by atoms with van der Waals surface area (Å²) in [6.07, 6.45) is 16.4. The van der Waals surface area contributed by atoms with Gasteiger partial charge in [-0.25, -0.2) is 0 Å². The van der Waals surface area contributed by atoms with Crippen molar-refractivity contribution in [3.63, 3.8) is 0 Å². The summed E-state index contributed by atoms with van der Waals surface area (Å²) in [4.78, 5) is 24.9. The van der Waals surface area contributed by atoms with Crippen LogP contribution in [0.4, 0.5) is 0 Å². The molecule has 5 saturated carbocycles. The van der Waals surface area contributed by atoms with E-state index in [1.54, 1.807) is 6.08 Å². The monoisotopic (exact) mass is 426 g/mol. The molecule has 0 bridgehead atoms. The van der Waals surface area contributed by atoms with Gasteiger partial charge in [-0.2, -0.15) is 0 Å². The molecule has 174 valence electrons. The van der Waals surface area contributed by atoms with Crippen molar-refractivity contribution in [3.8, 4) is 0 Å². The lowest BCUT2D eigenvalue weighted by atomic mass is 9.36. The highest BCUT2D eigenvalue weighted by molar-refractivity contribution is 5.85. The summed E-state index contributed by atoms with van der Waals surface area (Å²) < 4.78 is 0. The van der Waals surface area contributed by atoms with E-state index in [-0.39, 0.29) is 10.8 Å². The second kappa shape index (κ2) is 7.84. The topological polar surface area (TPSA) is 34.1 Å². The van der Waals surface area contributed by atoms with Crippen LogP contribution in [-0.4, -0.2) is 12.1 Å². The normalized spacial score (nSPS) is 50.0. The molecule has 0 radical (unpaired) electrons. The highest BCUT2D eigenvalue weighted by atomic mass is 16.1. The molecular formula is C29H46O2. The van der Waals surface area contributed by atoms with Crippen molar-refractivity contribution >= 4 is 12.1 Å². The Morgan fingerprint density at radius 3 is 2.23 bits per heavy atom. The fourth-order valence-electron chi connectivity index (χ4n) is 10.3. The largest absolute Gasteiger partial charge is 0.303 e. The summed E-state index contributed by atoms with van der Waals surface area (Å²) in [6.45, 7) is 14.9. The lowest BCUT2D eigenvalue weighted by Crippen LogP contribution is -2.62. The third kappa shape index (κ3) is 3.17. The Bertz CT molecular complexity index is 737. The van der Waals surface area contributed by atoms with Gasteiger partial charge in [-0.1, -0.05) is 40.2 Å². The van der Waals surface area contributed by atoms with Gasteiger partial charge in [-0.15, -0.1) is 6.58 Å². The van der Waals surface area contributed by atoms with E-state index in [2.05, 4.69) is 34.3 Å². The second-order valence-electron chi connectivity index (χ2n) is 12.9. The van der Waals surface area contributed by atoms with Crippen LogP contribution in [0.1, 0.15) is 105 Å². The molecule has 8 atom stereocenters. The van der Waals surface area contributed by atoms with Crippen LogP contribution in [0.25, 0.3) is 0 Å². The number of ketones is 1. The van der Waals surface area contributed by atoms with Crippen LogP contribution in [0.3, 0.4) is 0 Å². The molecular weight excluding hydrogens is 380 g/mol. The molecule has 5 aliphatic carbocycles. The van der Waals surface area contributed by atoms with Crippen LogP contribution in [-0.2, 0) is 9.59 Å². The van der Waals surface area contributed by atoms with Gasteiger partial charge in [0.2, 0.25) is 0 Å². The van der Waals surface area contributed by atoms with E-state index in [1.807, 2.05) is 6.92 Å². The molecule has 0 aromatic carbocycles. The number of carbonyl (C=O) groups excluding carboxylic acids is 2. The van der Waals surface area contributed by atoms with Crippen LogP contribution >= 0.6 is 0 Å². The van der Waals surface area contributed by atoms with Crippen LogP contribution in [0.5, 0.6) is 0 Å². The van der Waals surface area contributed by atoms with Crippen molar-refractivity contribution in [1.29, 1.82) is 0 Å². The smallest absolute Gasteiger partial charge is 0.138 e. The van der Waals surface area contributed by atoms with Crippen LogP contribution in [0.15, 0.2) is 12.7 Å². The van der Waals surface area contributed by atoms with Gasteiger partial charge in [0.05, 0.1) is 0 Å². The maximum Gasteiger partial charge on any atom is 0.138 e. The molecule has 8 unspecified atom stereocenters. The molecule has 2 nitrogen and oxygen atoms in total. The van der Waals surface area contributed by atoms with Gasteiger partial charge in [-0.05, 0) is 105 Å². The molecule has 0 N–H and O–H groups in total. The zero-order chi connectivity index (χ0) is 22.7. The Balaban J connectivity index is 0.000000730. The first-order valence-electron chi connectivity index (χ1n) is 13.2. The first-order valence-corrected chi connectivity index (χ1v) is 13.2. The van der Waals surface area contributed by atoms with E-state index < -0.39 is 0 Å². The first kappa shape index (κ1) is 23.2. The summed E-state index contributed by atoms with van der Waals surface area (Å²) in [5.41, 5.74) is 0.632. The summed E-state index contributed by atoms with van der Waals surface area (Å²) >= 11 is 0. The highest BCUT2D eigenvalue weighted by Gasteiger charge is 2.66. The summed E-state index contributed by atoms with van der Waals surface area (Å²) in [7, 11) is 0. The van der Waals surface area contributed by atoms with E-state index in [1.165, 1.54) is 51.2 Å². The molecule has 2 heteroatoms. The molecule has 31 heavy (non-hydrogen) atoms. The average Bonchev–Trinajstić information content (AvgIpc) is 3.16. The zero-order valence-electron chi connectivity index (χ0n) is 20.8. The van der Waals surface area contributed by atoms with Gasteiger partial charge in [0.25, 0.3) is 0 Å². The number of Topliss-reactive ketones (excluding diaryl/α,β-unsaturated/α-hetero) is 1. The minimum absolute atomic E-state index is 0.0325. The van der Waals surface area contributed by atoms with E-state index in [0.29, 0.717) is 28.4 Å². The molecule has 5 fully saturated rings. The highest BCUT2D eigenvalue weighted by Crippen LogP contribution is 2.72. The molecule has 5 rings (SSSR count). The standard InChI is InChI=1S/C26H40O2.C3H6/c1-23(2)20-10-13-24(3)18-9-15-26(16-27)12-5-6-19(26)17(18)7-8-21(24)25(20,4)14-11-22(23)28;1-3-2/h16-21H,5-15H2,1-4H3;3H,1H2,2H3. The quantitative estimate of drug-likeness (QED) is 0.323. The van der Waals surface area contributed by atoms with Gasteiger partial charge in [0.15, 0.2) is 0 Å². The molecule has 0 saturated heterocycles. The SMILES string of the molecule is C=CC.CC1(C)C(=O)CCC2(C)C1CCC1(C)C3CCC4(C=O)CCCC4C3CCC12. The number of allylic oxidation sites excluding steroid dienone is 1. The number of carbonyl (C=O) groups is 2. The van der Waals surface area contributed by atoms with E-state index in [0.717, 1.165) is 43.4 Å². The number of rotatable bonds is 1. The van der Waals surface area contributed by atoms with Gasteiger partial charge in [0.1, 0.15) is 12.1 Å². The maximum atomic E-state index is 12.7. The van der Waals surface area contributed by atoms with Crippen molar-refractivity contribution in [2.45, 2.75) is 105 Å². The van der Waals surface area contributed by atoms with E-state index >= 15 is 0 Å². The molecule has 0 aromatic heterocycles. The van der Waals surface area contributed by atoms with Crippen molar-refractivity contribution in [2.24, 2.45) is 51.2 Å². The van der Waals surface area contributed by atoms with Gasteiger partial charge in [-0.3, -0.25) is 4.79 Å². The Labute approximate surface area is 191 Å². The molecule has 0 spiro atoms. The fourth-order valence-corrected chi connectivity index (χ4v) is 10.3. The maximum absolute atomic E-state index is 12.7. The van der Waals surface area contributed by atoms with Crippen molar-refractivity contribution in [3.05, 3.63) is 12.7 Å². The van der Waals surface area contributed by atoms with E-state index in [9.17, 15) is 9.59 Å². The van der Waals surface area contributed by atoms with Gasteiger partial charge < -0.3 is 4.79 Å². The Hall–Kier alpha value is -0.920. The summed E-state index contributed by atoms with van der Waals surface area (Å²) in [6, 6.07) is 0. The van der Waals surface area contributed by atoms with Crippen LogP contribution in [0, 0.1) is 51.2 Å². The van der Waals surface area contributed by atoms with Gasteiger partial charge in [0, 0.05) is 17.3 Å². The molecule has 0 aliphatic heterocycles. The third-order valence-electron chi connectivity index (χ3n) is 11.6. The predicted molar refractivity (Wildman–Crippen MR) is 128 cm³/mol. The number of hydrogen-bond donors (Lipinski definition) is 0. The van der Waals surface area contributed by atoms with Gasteiger partial charge >= 0.3 is 0 Å². The number of hydrogen-bond acceptors (Lipinski definition) is 2. The van der Waals surface area contributed by atoms with Crippen molar-refractivity contribution < 1.29 is 9.59 Å². The predicted octanol–water partition coefficient (Wildman–Crippen LogP) is 7.41. The Morgan fingerprint density at radius 1 is 0.839 bits per heavy atom. The Morgan fingerprint density at radius 2 is 1.55 bits per heavy atom. The fraction of sp³-hybridized carbons (Fsp3) is 0.862. The lowest BCUT2D eigenvalue weighted by Gasteiger charge is -2.68. The van der Waals surface area contributed by atoms with Crippen LogP contribution in [0.2, 0.25) is 0 Å². The average molecular weight is 427 g/mol. The minimum Gasteiger partial charge on any atom is -0.303 e. The minimum atomic E-state index is -0.143. The molecule has 0 heterocycles. The van der Waals surface area contributed by atoms with E-state index in [4.69, 9.17) is 0 Å². The Kier molecular flexibility index (Phi) is 5.88. The summed E-state index contributed by atoms with van der Waals surface area (Å²) in [5.74, 6) is 4.07. The zero-order valence-corrected chi connectivity index (χ0v) is 20.8. The van der Waals surface area contributed by atoms with Crippen molar-refractivity contribution in [1.82, 2.24) is 0 Å². The molecule has 5 aliphatic rings. The first-order chi connectivity index (χ1) is 14.6. The van der Waals surface area contributed by atoms with Crippen molar-refractivity contribution in [2.75, 3.05) is 0 Å². The number of aldehydes is 1. The third-order valence-corrected chi connectivity index (χ3v) is 11.6. The summed E-state index contributed by atoms with van der Waals surface area (Å²) in [5, 5.41) is 0. The van der Waals surface area contributed by atoms with Crippen LogP contribution < -0.4 is 0 Å². The number of fused-ring (bicyclic) bond motifs is 7. The molecule has 0 amide bonds.